The smallest absolute Gasteiger partial charge is 0.199 e. The Morgan fingerprint density at radius 2 is 1.68 bits per heavy atom. The van der Waals surface area contributed by atoms with Crippen LogP contribution in [0, 0.1) is 0 Å². The third-order valence-corrected chi connectivity index (χ3v) is 5.99. The minimum atomic E-state index is -0.0839. The zero-order valence-electron chi connectivity index (χ0n) is 14.8. The third kappa shape index (κ3) is 5.42. The third-order valence-electron chi connectivity index (χ3n) is 3.87. The van der Waals surface area contributed by atoms with E-state index in [0.29, 0.717) is 20.5 Å². The second-order valence-electron chi connectivity index (χ2n) is 5.79. The van der Waals surface area contributed by atoms with Crippen molar-refractivity contribution in [3.05, 3.63) is 97.3 Å². The van der Waals surface area contributed by atoms with E-state index in [1.165, 1.54) is 11.8 Å². The van der Waals surface area contributed by atoms with Gasteiger partial charge in [-0.25, -0.2) is 0 Å². The van der Waals surface area contributed by atoms with Gasteiger partial charge in [0.15, 0.2) is 5.78 Å². The van der Waals surface area contributed by atoms with E-state index < -0.39 is 0 Å². The second-order valence-corrected chi connectivity index (χ2v) is 8.66. The average Bonchev–Trinajstić information content (AvgIpc) is 2.70. The molecule has 0 fully saturated rings. The van der Waals surface area contributed by atoms with Gasteiger partial charge in [-0.05, 0) is 72.3 Å². The average molecular weight is 494 g/mol. The number of carbonyl (C=O) groups excluding carboxylic acids is 1. The van der Waals surface area contributed by atoms with Crippen molar-refractivity contribution in [2.24, 2.45) is 0 Å². The highest BCUT2D eigenvalue weighted by molar-refractivity contribution is 9.10. The summed E-state index contributed by atoms with van der Waals surface area (Å²) in [5, 5.41) is 1.04. The first kappa shape index (κ1) is 21.0. The lowest BCUT2D eigenvalue weighted by Crippen LogP contribution is -2.01. The molecule has 142 valence electrons. The molecule has 6 heteroatoms. The Hall–Kier alpha value is -1.72. The summed E-state index contributed by atoms with van der Waals surface area (Å²) in [6.45, 7) is 0. The quantitative estimate of drug-likeness (QED) is 0.199. The van der Waals surface area contributed by atoms with Crippen LogP contribution in [-0.4, -0.2) is 12.9 Å². The number of hydrogen-bond donors (Lipinski definition) is 0. The Kier molecular flexibility index (Phi) is 7.24. The van der Waals surface area contributed by atoms with Crippen molar-refractivity contribution < 1.29 is 9.53 Å². The van der Waals surface area contributed by atoms with Crippen LogP contribution in [0.25, 0.3) is 6.08 Å². The molecule has 0 saturated carbocycles. The van der Waals surface area contributed by atoms with Crippen LogP contribution in [0.4, 0.5) is 0 Å². The number of ether oxygens (including phenoxy) is 1. The van der Waals surface area contributed by atoms with Crippen LogP contribution < -0.4 is 4.74 Å². The summed E-state index contributed by atoms with van der Waals surface area (Å²) in [5.41, 5.74) is 1.33. The Balaban J connectivity index is 2.00. The summed E-state index contributed by atoms with van der Waals surface area (Å²) in [7, 11) is 1.62. The SMILES string of the molecule is COc1ccc(SC(=Cc2ccc(Cl)cc2Cl)C(=O)c2ccc(Br)cc2)cc1. The lowest BCUT2D eigenvalue weighted by Gasteiger charge is -2.09. The van der Waals surface area contributed by atoms with Gasteiger partial charge in [-0.3, -0.25) is 4.79 Å². The molecular formula is C22H15BrCl2O2S. The number of benzene rings is 3. The van der Waals surface area contributed by atoms with Gasteiger partial charge >= 0.3 is 0 Å². The van der Waals surface area contributed by atoms with Crippen LogP contribution in [0.2, 0.25) is 10.0 Å². The number of hydrogen-bond acceptors (Lipinski definition) is 3. The summed E-state index contributed by atoms with van der Waals surface area (Å²) in [6.07, 6.45) is 1.79. The molecular weight excluding hydrogens is 479 g/mol. The van der Waals surface area contributed by atoms with Gasteiger partial charge in [0.2, 0.25) is 0 Å². The molecule has 0 aliphatic heterocycles. The largest absolute Gasteiger partial charge is 0.497 e. The molecule has 0 unspecified atom stereocenters. The van der Waals surface area contributed by atoms with Crippen LogP contribution in [0.5, 0.6) is 5.75 Å². The Morgan fingerprint density at radius 3 is 2.29 bits per heavy atom. The van der Waals surface area contributed by atoms with Gasteiger partial charge in [-0.15, -0.1) is 0 Å². The lowest BCUT2D eigenvalue weighted by atomic mass is 10.1. The van der Waals surface area contributed by atoms with Gasteiger partial charge in [0, 0.05) is 25.0 Å². The number of thioether (sulfide) groups is 1. The monoisotopic (exact) mass is 492 g/mol. The van der Waals surface area contributed by atoms with E-state index in [1.54, 1.807) is 43.5 Å². The molecule has 0 heterocycles. The summed E-state index contributed by atoms with van der Waals surface area (Å²) in [5.74, 6) is 0.675. The summed E-state index contributed by atoms with van der Waals surface area (Å²) >= 11 is 17.1. The second kappa shape index (κ2) is 9.66. The number of rotatable bonds is 6. The van der Waals surface area contributed by atoms with Gasteiger partial charge in [0.25, 0.3) is 0 Å². The van der Waals surface area contributed by atoms with Crippen molar-refractivity contribution in [3.63, 3.8) is 0 Å². The fourth-order valence-corrected chi connectivity index (χ4v) is 4.07. The van der Waals surface area contributed by atoms with Crippen LogP contribution in [0.15, 0.2) is 81.0 Å². The van der Waals surface area contributed by atoms with Crippen molar-refractivity contribution in [2.75, 3.05) is 7.11 Å². The topological polar surface area (TPSA) is 26.3 Å². The molecule has 2 nitrogen and oxygen atoms in total. The van der Waals surface area contributed by atoms with E-state index in [2.05, 4.69) is 15.9 Å². The molecule has 0 spiro atoms. The molecule has 0 aliphatic rings. The summed E-state index contributed by atoms with van der Waals surface area (Å²) in [4.78, 5) is 14.6. The van der Waals surface area contributed by atoms with E-state index in [0.717, 1.165) is 20.7 Å². The number of halogens is 3. The number of ketones is 1. The molecule has 0 amide bonds. The van der Waals surface area contributed by atoms with E-state index in [1.807, 2.05) is 36.4 Å². The van der Waals surface area contributed by atoms with Crippen LogP contribution in [0.3, 0.4) is 0 Å². The molecule has 3 aromatic rings. The molecule has 0 aliphatic carbocycles. The van der Waals surface area contributed by atoms with Crippen molar-refractivity contribution in [1.82, 2.24) is 0 Å². The zero-order chi connectivity index (χ0) is 20.1. The summed E-state index contributed by atoms with van der Waals surface area (Å²) < 4.78 is 6.11. The van der Waals surface area contributed by atoms with E-state index in [4.69, 9.17) is 27.9 Å². The Morgan fingerprint density at radius 1 is 1.00 bits per heavy atom. The lowest BCUT2D eigenvalue weighted by molar-refractivity contribution is 0.104. The van der Waals surface area contributed by atoms with Crippen molar-refractivity contribution in [2.45, 2.75) is 4.90 Å². The first-order valence-electron chi connectivity index (χ1n) is 8.25. The normalized spacial score (nSPS) is 11.4. The molecule has 0 N–H and O–H groups in total. The zero-order valence-corrected chi connectivity index (χ0v) is 18.7. The molecule has 3 rings (SSSR count). The fourth-order valence-electron chi connectivity index (χ4n) is 2.42. The number of allylic oxidation sites excluding steroid dienone is 1. The summed E-state index contributed by atoms with van der Waals surface area (Å²) in [6, 6.07) is 20.0. The first-order chi connectivity index (χ1) is 13.5. The minimum absolute atomic E-state index is 0.0839. The fraction of sp³-hybridized carbons (Fsp3) is 0.0455. The Bertz CT molecular complexity index is 1020. The molecule has 0 aromatic heterocycles. The highest BCUT2D eigenvalue weighted by Crippen LogP contribution is 2.34. The standard InChI is InChI=1S/C22H15BrCl2O2S/c1-27-18-8-10-19(11-9-18)28-21(12-15-4-7-17(24)13-20(15)25)22(26)14-2-5-16(23)6-3-14/h2-13H,1H3. The van der Waals surface area contributed by atoms with E-state index >= 15 is 0 Å². The highest BCUT2D eigenvalue weighted by Gasteiger charge is 2.15. The maximum absolute atomic E-state index is 13.2. The van der Waals surface area contributed by atoms with Crippen molar-refractivity contribution in [3.8, 4) is 5.75 Å². The predicted octanol–water partition coefficient (Wildman–Crippen LogP) is 7.78. The maximum Gasteiger partial charge on any atom is 0.199 e. The molecule has 0 saturated heterocycles. The number of Topliss-reactive ketones (excluding diaryl/α,β-unsaturated/α-hetero) is 1. The predicted molar refractivity (Wildman–Crippen MR) is 122 cm³/mol. The van der Waals surface area contributed by atoms with E-state index in [9.17, 15) is 4.79 Å². The molecule has 0 atom stereocenters. The van der Waals surface area contributed by atoms with Gasteiger partial charge in [0.05, 0.1) is 12.0 Å². The van der Waals surface area contributed by atoms with Gasteiger partial charge in [0.1, 0.15) is 5.75 Å². The molecule has 0 radical (unpaired) electrons. The highest BCUT2D eigenvalue weighted by atomic mass is 79.9. The molecule has 0 bridgehead atoms. The minimum Gasteiger partial charge on any atom is -0.497 e. The van der Waals surface area contributed by atoms with Crippen LogP contribution in [0.1, 0.15) is 15.9 Å². The number of methoxy groups -OCH3 is 1. The van der Waals surface area contributed by atoms with Crippen molar-refractivity contribution >= 4 is 62.8 Å². The Labute approximate surface area is 186 Å². The molecule has 28 heavy (non-hydrogen) atoms. The van der Waals surface area contributed by atoms with E-state index in [-0.39, 0.29) is 5.78 Å². The number of carbonyl (C=O) groups is 1. The van der Waals surface area contributed by atoms with Gasteiger partial charge in [-0.2, -0.15) is 0 Å². The van der Waals surface area contributed by atoms with Gasteiger partial charge < -0.3 is 4.74 Å². The van der Waals surface area contributed by atoms with Crippen molar-refractivity contribution in [1.29, 1.82) is 0 Å². The van der Waals surface area contributed by atoms with Crippen LogP contribution >= 0.6 is 50.9 Å². The maximum atomic E-state index is 13.2. The van der Waals surface area contributed by atoms with Gasteiger partial charge in [-0.1, -0.05) is 57.0 Å². The van der Waals surface area contributed by atoms with Crippen LogP contribution in [-0.2, 0) is 0 Å². The first-order valence-corrected chi connectivity index (χ1v) is 10.6. The molecule has 3 aromatic carbocycles.